The molecule has 1 aromatic rings. The molecule has 0 saturated carbocycles. The van der Waals surface area contributed by atoms with Gasteiger partial charge in [0.05, 0.1) is 16.3 Å². The van der Waals surface area contributed by atoms with Gasteiger partial charge in [0.2, 0.25) is 0 Å². The van der Waals surface area contributed by atoms with Crippen molar-refractivity contribution < 1.29 is 52.8 Å². The van der Waals surface area contributed by atoms with Crippen LogP contribution in [0.2, 0.25) is 5.02 Å². The number of alkyl halides is 3. The van der Waals surface area contributed by atoms with E-state index >= 15 is 0 Å². The molecule has 1 aromatic carbocycles. The van der Waals surface area contributed by atoms with E-state index in [0.29, 0.717) is 23.3 Å². The SMILES string of the molecule is FC(F)(F)c1ccc(Cl)c(NCC2CCCN2)c1.O=C(O)C(=O)O.O=C(O)C(=O)O. The summed E-state index contributed by atoms with van der Waals surface area (Å²) in [7, 11) is 0. The van der Waals surface area contributed by atoms with Crippen molar-refractivity contribution >= 4 is 41.2 Å². The third-order valence-corrected chi connectivity index (χ3v) is 3.69. The smallest absolute Gasteiger partial charge is 0.416 e. The second kappa shape index (κ2) is 12.5. The van der Waals surface area contributed by atoms with Crippen molar-refractivity contribution in [3.63, 3.8) is 0 Å². The van der Waals surface area contributed by atoms with Crippen LogP contribution in [0.15, 0.2) is 18.2 Å². The van der Waals surface area contributed by atoms with E-state index < -0.39 is 35.6 Å². The first-order valence-electron chi connectivity index (χ1n) is 8.02. The fourth-order valence-corrected chi connectivity index (χ4v) is 2.19. The summed E-state index contributed by atoms with van der Waals surface area (Å²) in [5.41, 5.74) is -0.353. The number of hydrogen-bond donors (Lipinski definition) is 6. The summed E-state index contributed by atoms with van der Waals surface area (Å²) >= 11 is 5.88. The second-order valence-electron chi connectivity index (χ2n) is 5.59. The molecule has 0 radical (unpaired) electrons. The van der Waals surface area contributed by atoms with Crippen molar-refractivity contribution in [3.05, 3.63) is 28.8 Å². The maximum Gasteiger partial charge on any atom is 0.416 e. The van der Waals surface area contributed by atoms with Crippen LogP contribution in [-0.2, 0) is 25.4 Å². The van der Waals surface area contributed by atoms with E-state index in [-0.39, 0.29) is 0 Å². The third kappa shape index (κ3) is 11.1. The zero-order valence-corrected chi connectivity index (χ0v) is 15.8. The van der Waals surface area contributed by atoms with Crippen LogP contribution < -0.4 is 10.6 Å². The van der Waals surface area contributed by atoms with Gasteiger partial charge in [-0.15, -0.1) is 0 Å². The molecular formula is C16H18ClF3N2O8. The van der Waals surface area contributed by atoms with E-state index in [1.54, 1.807) is 0 Å². The number of carbonyl (C=O) groups is 4. The Labute approximate surface area is 172 Å². The lowest BCUT2D eigenvalue weighted by Crippen LogP contribution is -2.29. The first-order chi connectivity index (χ1) is 13.8. The molecule has 0 amide bonds. The molecule has 10 nitrogen and oxygen atoms in total. The molecule has 1 fully saturated rings. The lowest BCUT2D eigenvalue weighted by atomic mass is 10.1. The van der Waals surface area contributed by atoms with Crippen molar-refractivity contribution in [2.75, 3.05) is 18.4 Å². The Morgan fingerprint density at radius 2 is 1.53 bits per heavy atom. The zero-order chi connectivity index (χ0) is 23.5. The predicted molar refractivity (Wildman–Crippen MR) is 96.5 cm³/mol. The molecule has 0 bridgehead atoms. The largest absolute Gasteiger partial charge is 0.473 e. The fourth-order valence-electron chi connectivity index (χ4n) is 2.00. The van der Waals surface area contributed by atoms with Gasteiger partial charge in [0.25, 0.3) is 0 Å². The van der Waals surface area contributed by atoms with Gasteiger partial charge in [0, 0.05) is 12.6 Å². The minimum atomic E-state index is -4.34. The molecule has 14 heteroatoms. The Balaban J connectivity index is 0.000000580. The van der Waals surface area contributed by atoms with Crippen LogP contribution in [0, 0.1) is 0 Å². The zero-order valence-electron chi connectivity index (χ0n) is 15.1. The highest BCUT2D eigenvalue weighted by Gasteiger charge is 2.31. The Bertz CT molecular complexity index is 719. The van der Waals surface area contributed by atoms with E-state index in [0.717, 1.165) is 31.5 Å². The third-order valence-electron chi connectivity index (χ3n) is 3.36. The Hall–Kier alpha value is -3.06. The number of nitrogens with one attached hydrogen (secondary N) is 2. The normalized spacial score (nSPS) is 15.0. The first-order valence-corrected chi connectivity index (χ1v) is 8.40. The van der Waals surface area contributed by atoms with Gasteiger partial charge in [-0.3, -0.25) is 0 Å². The Morgan fingerprint density at radius 1 is 1.03 bits per heavy atom. The van der Waals surface area contributed by atoms with Gasteiger partial charge in [-0.25, -0.2) is 19.2 Å². The van der Waals surface area contributed by atoms with Crippen molar-refractivity contribution in [1.29, 1.82) is 0 Å². The van der Waals surface area contributed by atoms with Gasteiger partial charge in [-0.2, -0.15) is 13.2 Å². The van der Waals surface area contributed by atoms with Gasteiger partial charge >= 0.3 is 30.1 Å². The average molecular weight is 459 g/mol. The molecule has 1 atom stereocenters. The van der Waals surface area contributed by atoms with Gasteiger partial charge in [-0.05, 0) is 37.6 Å². The maximum absolute atomic E-state index is 12.6. The van der Waals surface area contributed by atoms with E-state index in [4.69, 9.17) is 51.2 Å². The summed E-state index contributed by atoms with van der Waals surface area (Å²) in [6.45, 7) is 1.55. The number of carboxylic acid groups (broad SMARTS) is 4. The van der Waals surface area contributed by atoms with Crippen LogP contribution in [0.5, 0.6) is 0 Å². The lowest BCUT2D eigenvalue weighted by Gasteiger charge is -2.15. The maximum atomic E-state index is 12.6. The summed E-state index contributed by atoms with van der Waals surface area (Å²) in [5, 5.41) is 36.1. The number of hydrogen-bond acceptors (Lipinski definition) is 6. The molecule has 2 rings (SSSR count). The fraction of sp³-hybridized carbons (Fsp3) is 0.375. The van der Waals surface area contributed by atoms with E-state index in [9.17, 15) is 13.2 Å². The van der Waals surface area contributed by atoms with Crippen LogP contribution in [-0.4, -0.2) is 63.4 Å². The van der Waals surface area contributed by atoms with Gasteiger partial charge in [0.15, 0.2) is 0 Å². The molecule has 1 unspecified atom stereocenters. The molecule has 1 aliphatic heterocycles. The monoisotopic (exact) mass is 458 g/mol. The van der Waals surface area contributed by atoms with E-state index in [1.165, 1.54) is 6.07 Å². The van der Waals surface area contributed by atoms with E-state index in [2.05, 4.69) is 10.6 Å². The molecule has 6 N–H and O–H groups in total. The number of anilines is 1. The van der Waals surface area contributed by atoms with E-state index in [1.807, 2.05) is 0 Å². The summed E-state index contributed by atoms with van der Waals surface area (Å²) in [5.74, 6) is -7.30. The summed E-state index contributed by atoms with van der Waals surface area (Å²) < 4.78 is 37.7. The highest BCUT2D eigenvalue weighted by molar-refractivity contribution is 6.33. The number of halogens is 4. The van der Waals surface area contributed by atoms with Crippen LogP contribution >= 0.6 is 11.6 Å². The Kier molecular flexibility index (Phi) is 11.2. The first kappa shape index (κ1) is 26.9. The number of aliphatic carboxylic acids is 4. The molecule has 0 aromatic heterocycles. The quantitative estimate of drug-likeness (QED) is 0.367. The average Bonchev–Trinajstić information content (AvgIpc) is 3.14. The second-order valence-corrected chi connectivity index (χ2v) is 5.99. The van der Waals surface area contributed by atoms with Gasteiger partial charge in [-0.1, -0.05) is 11.6 Å². The van der Waals surface area contributed by atoms with Crippen molar-refractivity contribution in [2.24, 2.45) is 0 Å². The Morgan fingerprint density at radius 3 is 1.90 bits per heavy atom. The number of benzene rings is 1. The molecular weight excluding hydrogens is 441 g/mol. The molecule has 1 saturated heterocycles. The molecule has 0 aliphatic carbocycles. The van der Waals surface area contributed by atoms with Crippen LogP contribution in [0.1, 0.15) is 18.4 Å². The van der Waals surface area contributed by atoms with Gasteiger partial charge < -0.3 is 31.1 Å². The summed E-state index contributed by atoms with van der Waals surface area (Å²) in [6.07, 6.45) is -2.21. The molecule has 0 spiro atoms. The minimum absolute atomic E-state index is 0.301. The van der Waals surface area contributed by atoms with Crippen LogP contribution in [0.3, 0.4) is 0 Å². The van der Waals surface area contributed by atoms with Gasteiger partial charge in [0.1, 0.15) is 0 Å². The number of rotatable bonds is 3. The van der Waals surface area contributed by atoms with Crippen molar-refractivity contribution in [1.82, 2.24) is 5.32 Å². The topological polar surface area (TPSA) is 173 Å². The molecule has 30 heavy (non-hydrogen) atoms. The highest BCUT2D eigenvalue weighted by Crippen LogP contribution is 2.33. The summed E-state index contributed by atoms with van der Waals surface area (Å²) in [6, 6.07) is 3.61. The standard InChI is InChI=1S/C12H14ClF3N2.2C2H2O4/c13-10-4-3-8(12(14,15)16)6-11(10)18-7-9-2-1-5-17-9;2*3-1(4)2(5)6/h3-4,6,9,17-18H,1-2,5,7H2;2*(H,3,4)(H,5,6). The highest BCUT2D eigenvalue weighted by atomic mass is 35.5. The summed E-state index contributed by atoms with van der Waals surface area (Å²) in [4.78, 5) is 36.4. The molecule has 168 valence electrons. The number of carboxylic acids is 4. The minimum Gasteiger partial charge on any atom is -0.473 e. The molecule has 1 heterocycles. The van der Waals surface area contributed by atoms with Crippen LogP contribution in [0.4, 0.5) is 18.9 Å². The molecule has 1 aliphatic rings. The lowest BCUT2D eigenvalue weighted by molar-refractivity contribution is -0.159. The van der Waals surface area contributed by atoms with Crippen molar-refractivity contribution in [3.8, 4) is 0 Å². The van der Waals surface area contributed by atoms with Crippen molar-refractivity contribution in [2.45, 2.75) is 25.1 Å². The predicted octanol–water partition coefficient (Wildman–Crippen LogP) is 1.83. The van der Waals surface area contributed by atoms with Crippen LogP contribution in [0.25, 0.3) is 0 Å².